The number of benzene rings is 1. The quantitative estimate of drug-likeness (QED) is 0.700. The fraction of sp³-hybridized carbons (Fsp3) is 0.538. The van der Waals surface area contributed by atoms with Crippen molar-refractivity contribution in [2.75, 3.05) is 32.9 Å². The van der Waals surface area contributed by atoms with Crippen LogP contribution in [-0.2, 0) is 4.74 Å². The first-order valence-electron chi connectivity index (χ1n) is 5.79. The number of hydrogen-bond donors (Lipinski definition) is 2. The van der Waals surface area contributed by atoms with E-state index in [9.17, 15) is 0 Å². The molecule has 0 aromatic heterocycles. The minimum Gasteiger partial charge on any atom is -0.394 e. The van der Waals surface area contributed by atoms with Gasteiger partial charge >= 0.3 is 0 Å². The van der Waals surface area contributed by atoms with Crippen LogP contribution < -0.4 is 5.32 Å². The largest absolute Gasteiger partial charge is 0.394 e. The van der Waals surface area contributed by atoms with Gasteiger partial charge in [-0.2, -0.15) is 0 Å². The van der Waals surface area contributed by atoms with Gasteiger partial charge in [-0.05, 0) is 11.5 Å². The highest BCUT2D eigenvalue weighted by atomic mass is 35.5. The van der Waals surface area contributed by atoms with Gasteiger partial charge in [-0.15, -0.1) is 12.4 Å². The highest BCUT2D eigenvalue weighted by Gasteiger charge is 2.03. The second kappa shape index (κ2) is 10.5. The highest BCUT2D eigenvalue weighted by molar-refractivity contribution is 5.85. The van der Waals surface area contributed by atoms with Crippen LogP contribution in [0.25, 0.3) is 0 Å². The summed E-state index contributed by atoms with van der Waals surface area (Å²) in [7, 11) is 0. The Bertz CT molecular complexity index is 269. The van der Waals surface area contributed by atoms with E-state index in [2.05, 4.69) is 36.5 Å². The van der Waals surface area contributed by atoms with Crippen LogP contribution in [0.2, 0.25) is 0 Å². The number of nitrogens with one attached hydrogen (secondary N) is 1. The molecule has 0 saturated heterocycles. The molecule has 1 unspecified atom stereocenters. The van der Waals surface area contributed by atoms with Gasteiger partial charge in [-0.1, -0.05) is 37.3 Å². The molecule has 0 amide bonds. The van der Waals surface area contributed by atoms with E-state index >= 15 is 0 Å². The number of rotatable bonds is 8. The standard InChI is InChI=1S/C13H21NO2.ClH/c1-12(13-5-3-2-4-6-13)11-14-7-9-16-10-8-15;/h2-6,12,14-15H,7-11H2,1H3;1H. The van der Waals surface area contributed by atoms with Crippen molar-refractivity contribution in [1.82, 2.24) is 5.32 Å². The van der Waals surface area contributed by atoms with Crippen LogP contribution in [0.5, 0.6) is 0 Å². The molecule has 0 fully saturated rings. The third kappa shape index (κ3) is 7.34. The third-order valence-electron chi connectivity index (χ3n) is 2.48. The summed E-state index contributed by atoms with van der Waals surface area (Å²) in [6.07, 6.45) is 0. The number of aliphatic hydroxyl groups is 1. The molecule has 1 aromatic rings. The monoisotopic (exact) mass is 259 g/mol. The van der Waals surface area contributed by atoms with Gasteiger partial charge in [0.1, 0.15) is 0 Å². The second-order valence-electron chi connectivity index (χ2n) is 3.85. The average molecular weight is 260 g/mol. The van der Waals surface area contributed by atoms with E-state index in [1.807, 2.05) is 6.07 Å². The zero-order valence-corrected chi connectivity index (χ0v) is 11.1. The first kappa shape index (κ1) is 16.4. The summed E-state index contributed by atoms with van der Waals surface area (Å²) in [6.45, 7) is 5.17. The fourth-order valence-corrected chi connectivity index (χ4v) is 1.53. The predicted octanol–water partition coefficient (Wildman–Crippen LogP) is 1.81. The molecule has 0 saturated carbocycles. The van der Waals surface area contributed by atoms with Crippen LogP contribution in [0.1, 0.15) is 18.4 Å². The summed E-state index contributed by atoms with van der Waals surface area (Å²) in [5.41, 5.74) is 1.35. The van der Waals surface area contributed by atoms with E-state index < -0.39 is 0 Å². The van der Waals surface area contributed by atoms with Gasteiger partial charge in [0.15, 0.2) is 0 Å². The normalized spacial score (nSPS) is 11.9. The molecule has 0 aliphatic carbocycles. The Morgan fingerprint density at radius 2 is 1.94 bits per heavy atom. The summed E-state index contributed by atoms with van der Waals surface area (Å²) in [4.78, 5) is 0. The molecule has 3 nitrogen and oxygen atoms in total. The molecule has 0 bridgehead atoms. The first-order chi connectivity index (χ1) is 7.84. The number of halogens is 1. The van der Waals surface area contributed by atoms with Crippen LogP contribution >= 0.6 is 12.4 Å². The van der Waals surface area contributed by atoms with Crippen LogP contribution in [0.4, 0.5) is 0 Å². The number of aliphatic hydroxyl groups excluding tert-OH is 1. The van der Waals surface area contributed by atoms with E-state index in [1.165, 1.54) is 5.56 Å². The maximum atomic E-state index is 8.51. The smallest absolute Gasteiger partial charge is 0.0698 e. The zero-order chi connectivity index (χ0) is 11.6. The molecule has 0 spiro atoms. The zero-order valence-electron chi connectivity index (χ0n) is 10.3. The Morgan fingerprint density at radius 1 is 1.24 bits per heavy atom. The Hall–Kier alpha value is -0.610. The molecule has 4 heteroatoms. The molecule has 2 N–H and O–H groups in total. The molecular weight excluding hydrogens is 238 g/mol. The average Bonchev–Trinajstić information content (AvgIpc) is 2.34. The van der Waals surface area contributed by atoms with Gasteiger partial charge in [0.2, 0.25) is 0 Å². The molecule has 0 radical (unpaired) electrons. The Kier molecular flexibility index (Phi) is 10.2. The first-order valence-corrected chi connectivity index (χ1v) is 5.79. The fourth-order valence-electron chi connectivity index (χ4n) is 1.53. The van der Waals surface area contributed by atoms with Crippen LogP contribution in [0, 0.1) is 0 Å². The summed E-state index contributed by atoms with van der Waals surface area (Å²) in [6, 6.07) is 10.5. The van der Waals surface area contributed by atoms with Gasteiger partial charge in [0.25, 0.3) is 0 Å². The van der Waals surface area contributed by atoms with Crippen LogP contribution in [-0.4, -0.2) is 38.0 Å². The summed E-state index contributed by atoms with van der Waals surface area (Å²) in [5.74, 6) is 0.513. The molecular formula is C13H22ClNO2. The van der Waals surface area contributed by atoms with Crippen molar-refractivity contribution in [3.63, 3.8) is 0 Å². The molecule has 1 rings (SSSR count). The molecule has 0 aliphatic heterocycles. The molecule has 1 aromatic carbocycles. The molecule has 1 atom stereocenters. The van der Waals surface area contributed by atoms with E-state index in [0.29, 0.717) is 19.1 Å². The lowest BCUT2D eigenvalue weighted by atomic mass is 10.0. The van der Waals surface area contributed by atoms with E-state index in [0.717, 1.165) is 13.1 Å². The second-order valence-corrected chi connectivity index (χ2v) is 3.85. The van der Waals surface area contributed by atoms with E-state index in [1.54, 1.807) is 0 Å². The van der Waals surface area contributed by atoms with Crippen molar-refractivity contribution in [1.29, 1.82) is 0 Å². The minimum atomic E-state index is 0. The van der Waals surface area contributed by atoms with Crippen molar-refractivity contribution in [2.24, 2.45) is 0 Å². The predicted molar refractivity (Wildman–Crippen MR) is 72.9 cm³/mol. The third-order valence-corrected chi connectivity index (χ3v) is 2.48. The molecule has 0 aliphatic rings. The highest BCUT2D eigenvalue weighted by Crippen LogP contribution is 2.12. The van der Waals surface area contributed by atoms with Gasteiger partial charge in [-0.25, -0.2) is 0 Å². The summed E-state index contributed by atoms with van der Waals surface area (Å²) >= 11 is 0. The van der Waals surface area contributed by atoms with Crippen LogP contribution in [0.15, 0.2) is 30.3 Å². The molecule has 17 heavy (non-hydrogen) atoms. The maximum Gasteiger partial charge on any atom is 0.0698 e. The van der Waals surface area contributed by atoms with Gasteiger partial charge in [-0.3, -0.25) is 0 Å². The van der Waals surface area contributed by atoms with Gasteiger partial charge in [0.05, 0.1) is 19.8 Å². The minimum absolute atomic E-state index is 0. The lowest BCUT2D eigenvalue weighted by Crippen LogP contribution is -2.24. The Labute approximate surface area is 110 Å². The van der Waals surface area contributed by atoms with Gasteiger partial charge in [0, 0.05) is 13.1 Å². The Morgan fingerprint density at radius 3 is 2.59 bits per heavy atom. The van der Waals surface area contributed by atoms with E-state index in [4.69, 9.17) is 9.84 Å². The van der Waals surface area contributed by atoms with Crippen molar-refractivity contribution in [3.8, 4) is 0 Å². The van der Waals surface area contributed by atoms with Crippen molar-refractivity contribution < 1.29 is 9.84 Å². The number of hydrogen-bond acceptors (Lipinski definition) is 3. The molecule has 98 valence electrons. The lowest BCUT2D eigenvalue weighted by molar-refractivity contribution is 0.0938. The van der Waals surface area contributed by atoms with Crippen molar-refractivity contribution >= 4 is 12.4 Å². The topological polar surface area (TPSA) is 41.5 Å². The maximum absolute atomic E-state index is 8.51. The SMILES string of the molecule is CC(CNCCOCCO)c1ccccc1.Cl. The van der Waals surface area contributed by atoms with Crippen molar-refractivity contribution in [2.45, 2.75) is 12.8 Å². The summed E-state index contributed by atoms with van der Waals surface area (Å²) < 4.78 is 5.16. The Balaban J connectivity index is 0.00000256. The van der Waals surface area contributed by atoms with Crippen molar-refractivity contribution in [3.05, 3.63) is 35.9 Å². The van der Waals surface area contributed by atoms with Gasteiger partial charge < -0.3 is 15.2 Å². The summed E-state index contributed by atoms with van der Waals surface area (Å²) in [5, 5.41) is 11.9. The van der Waals surface area contributed by atoms with E-state index in [-0.39, 0.29) is 19.0 Å². The van der Waals surface area contributed by atoms with Crippen LogP contribution in [0.3, 0.4) is 0 Å². The number of ether oxygens (including phenoxy) is 1. The molecule has 0 heterocycles. The lowest BCUT2D eigenvalue weighted by Gasteiger charge is -2.12.